The van der Waals surface area contributed by atoms with E-state index in [1.165, 1.54) is 38.5 Å². The molecule has 0 aliphatic carbocycles. The van der Waals surface area contributed by atoms with E-state index < -0.39 is 97.5 Å². The maximum atomic E-state index is 13.1. The molecule has 0 fully saturated rings. The highest BCUT2D eigenvalue weighted by Gasteiger charge is 2.30. The zero-order chi connectivity index (χ0) is 76.0. The minimum absolute atomic E-state index is 0.0296. The second-order valence-electron chi connectivity index (χ2n) is 25.2. The molecule has 0 aromatic carbocycles. The van der Waals surface area contributed by atoms with Gasteiger partial charge in [-0.25, -0.2) is 9.13 Å². The minimum Gasteiger partial charge on any atom is -0.462 e. The van der Waals surface area contributed by atoms with Crippen LogP contribution in [0.15, 0.2) is 182 Å². The van der Waals surface area contributed by atoms with Gasteiger partial charge in [0.25, 0.3) is 0 Å². The summed E-state index contributed by atoms with van der Waals surface area (Å²) < 4.78 is 68.3. The number of allylic oxidation sites excluding steroid dienone is 29. The van der Waals surface area contributed by atoms with Crippen molar-refractivity contribution in [2.24, 2.45) is 0 Å². The van der Waals surface area contributed by atoms with Crippen LogP contribution in [-0.4, -0.2) is 96.7 Å². The highest BCUT2D eigenvalue weighted by molar-refractivity contribution is 7.47. The molecule has 0 aromatic heterocycles. The molecule has 0 rings (SSSR count). The van der Waals surface area contributed by atoms with Crippen molar-refractivity contribution < 1.29 is 80.2 Å². The van der Waals surface area contributed by atoms with Crippen LogP contribution < -0.4 is 0 Å². The average Bonchev–Trinajstić information content (AvgIpc) is 0.931. The van der Waals surface area contributed by atoms with Gasteiger partial charge in [0.1, 0.15) is 19.3 Å². The zero-order valence-corrected chi connectivity index (χ0v) is 65.9. The van der Waals surface area contributed by atoms with Crippen molar-refractivity contribution in [2.45, 2.75) is 290 Å². The molecule has 0 aromatic rings. The van der Waals surface area contributed by atoms with Gasteiger partial charge in [-0.1, -0.05) is 300 Å². The summed E-state index contributed by atoms with van der Waals surface area (Å²) in [5.74, 6) is -2.45. The second kappa shape index (κ2) is 75.4. The quantitative estimate of drug-likeness (QED) is 0.0169. The standard InChI is InChI=1S/C85H136O17P2/c1-5-9-13-17-21-25-29-32-35-37-39-41-44-46-50-53-57-61-65-69-82(87)95-75-80(101-84(89)71-67-63-59-55-49-28-24-20-16-12-8-4)77-99-103(91,92)97-73-79(86)74-98-104(93,94)100-78-81(102-85(90)72-68-64-60-56-52-48-43-34-31-27-23-19-15-11-7-3)76-96-83(88)70-66-62-58-54-51-47-45-42-40-38-36-33-30-26-22-18-14-10-6-2/h9-11,13-15,21-23,25-27,32-36,39-43,46,50,52,56-57,61,64,68,79-81,86H,5-8,12,16-20,24,28-31,37-38,44-45,47-49,51,53-55,58-60,62-63,65-67,69-78H2,1-4H3,(H,91,92)(H,93,94)/b13-9-,14-10-,15-11-,25-21-,26-22-,27-23-,35-32-,36-33-,41-39-,42-40-,43-34-,50-46-,56-52-,61-57-,68-64-. The Morgan fingerprint density at radius 3 is 0.913 bits per heavy atom. The summed E-state index contributed by atoms with van der Waals surface area (Å²) in [5, 5.41) is 10.6. The topological polar surface area (TPSA) is 237 Å². The van der Waals surface area contributed by atoms with Gasteiger partial charge in [-0.3, -0.25) is 37.3 Å². The predicted molar refractivity (Wildman–Crippen MR) is 426 cm³/mol. The van der Waals surface area contributed by atoms with Crippen LogP contribution in [0.1, 0.15) is 272 Å². The highest BCUT2D eigenvalue weighted by Crippen LogP contribution is 2.45. The normalized spacial score (nSPS) is 14.9. The lowest BCUT2D eigenvalue weighted by atomic mass is 10.1. The van der Waals surface area contributed by atoms with Gasteiger partial charge in [0, 0.05) is 19.3 Å². The lowest BCUT2D eigenvalue weighted by Crippen LogP contribution is -2.30. The Hall–Kier alpha value is -5.84. The molecule has 5 unspecified atom stereocenters. The van der Waals surface area contributed by atoms with Gasteiger partial charge in [-0.15, -0.1) is 0 Å². The number of aliphatic hydroxyl groups excluding tert-OH is 1. The lowest BCUT2D eigenvalue weighted by Gasteiger charge is -2.21. The fraction of sp³-hybridized carbons (Fsp3) is 0.600. The molecule has 0 bridgehead atoms. The predicted octanol–water partition coefficient (Wildman–Crippen LogP) is 22.8. The summed E-state index contributed by atoms with van der Waals surface area (Å²) in [6.45, 7) is 4.28. The van der Waals surface area contributed by atoms with E-state index in [2.05, 4.69) is 167 Å². The van der Waals surface area contributed by atoms with Gasteiger partial charge in [0.05, 0.1) is 32.8 Å². The molecule has 104 heavy (non-hydrogen) atoms. The van der Waals surface area contributed by atoms with Crippen molar-refractivity contribution in [1.82, 2.24) is 0 Å². The van der Waals surface area contributed by atoms with E-state index in [0.717, 1.165) is 148 Å². The first kappa shape index (κ1) is 98.2. The van der Waals surface area contributed by atoms with Gasteiger partial charge >= 0.3 is 39.5 Å². The Kier molecular flexibility index (Phi) is 71.2. The third-order valence-corrected chi connectivity index (χ3v) is 17.3. The fourth-order valence-electron chi connectivity index (χ4n) is 9.61. The van der Waals surface area contributed by atoms with E-state index in [1.54, 1.807) is 12.2 Å². The number of ether oxygens (including phenoxy) is 4. The number of unbranched alkanes of at least 4 members (excludes halogenated alkanes) is 16. The van der Waals surface area contributed by atoms with Crippen LogP contribution in [0.3, 0.4) is 0 Å². The van der Waals surface area contributed by atoms with Crippen molar-refractivity contribution in [1.29, 1.82) is 0 Å². The molecule has 19 heteroatoms. The number of hydrogen-bond acceptors (Lipinski definition) is 15. The smallest absolute Gasteiger partial charge is 0.462 e. The molecule has 0 heterocycles. The summed E-state index contributed by atoms with van der Waals surface area (Å²) in [6.07, 6.45) is 90.7. The number of carbonyl (C=O) groups is 4. The number of phosphoric ester groups is 2. The molecule has 0 aliphatic heterocycles. The van der Waals surface area contributed by atoms with E-state index >= 15 is 0 Å². The Balaban J connectivity index is 5.47. The van der Waals surface area contributed by atoms with Crippen LogP contribution in [0, 0.1) is 0 Å². The second-order valence-corrected chi connectivity index (χ2v) is 28.1. The van der Waals surface area contributed by atoms with Crippen molar-refractivity contribution in [3.05, 3.63) is 182 Å². The summed E-state index contributed by atoms with van der Waals surface area (Å²) in [5.41, 5.74) is 0. The van der Waals surface area contributed by atoms with Crippen molar-refractivity contribution in [2.75, 3.05) is 39.6 Å². The molecule has 0 saturated carbocycles. The molecule has 5 atom stereocenters. The molecule has 3 N–H and O–H groups in total. The van der Waals surface area contributed by atoms with Crippen LogP contribution in [-0.2, 0) is 65.4 Å². The first-order valence-electron chi connectivity index (χ1n) is 39.0. The molecule has 0 saturated heterocycles. The Bertz CT molecular complexity index is 2690. The van der Waals surface area contributed by atoms with Gasteiger partial charge in [-0.05, 0) is 128 Å². The number of rotatable bonds is 71. The van der Waals surface area contributed by atoms with E-state index in [-0.39, 0.29) is 25.7 Å². The first-order valence-corrected chi connectivity index (χ1v) is 42.0. The van der Waals surface area contributed by atoms with E-state index in [9.17, 15) is 43.2 Å². The summed E-state index contributed by atoms with van der Waals surface area (Å²) in [7, 11) is -10.0. The van der Waals surface area contributed by atoms with Crippen LogP contribution in [0.5, 0.6) is 0 Å². The van der Waals surface area contributed by atoms with Gasteiger partial charge in [0.2, 0.25) is 0 Å². The van der Waals surface area contributed by atoms with E-state index in [4.69, 9.17) is 37.0 Å². The highest BCUT2D eigenvalue weighted by atomic mass is 31.2. The number of phosphoric acid groups is 2. The number of esters is 4. The molecule has 588 valence electrons. The maximum Gasteiger partial charge on any atom is 0.472 e. The lowest BCUT2D eigenvalue weighted by molar-refractivity contribution is -0.161. The minimum atomic E-state index is -5.02. The summed E-state index contributed by atoms with van der Waals surface area (Å²) >= 11 is 0. The van der Waals surface area contributed by atoms with Crippen molar-refractivity contribution >= 4 is 39.5 Å². The third kappa shape index (κ3) is 74.4. The Morgan fingerprint density at radius 2 is 0.558 bits per heavy atom. The summed E-state index contributed by atoms with van der Waals surface area (Å²) in [4.78, 5) is 72.8. The Labute approximate surface area is 628 Å². The number of hydrogen-bond donors (Lipinski definition) is 3. The molecule has 0 aliphatic rings. The van der Waals surface area contributed by atoms with Crippen LogP contribution in [0.25, 0.3) is 0 Å². The van der Waals surface area contributed by atoms with Crippen LogP contribution in [0.2, 0.25) is 0 Å². The van der Waals surface area contributed by atoms with Crippen molar-refractivity contribution in [3.63, 3.8) is 0 Å². The fourth-order valence-corrected chi connectivity index (χ4v) is 11.2. The molecular formula is C85H136O17P2. The maximum absolute atomic E-state index is 13.1. The van der Waals surface area contributed by atoms with Gasteiger partial charge < -0.3 is 33.8 Å². The third-order valence-electron chi connectivity index (χ3n) is 15.4. The van der Waals surface area contributed by atoms with Crippen molar-refractivity contribution in [3.8, 4) is 0 Å². The van der Waals surface area contributed by atoms with E-state index in [0.29, 0.717) is 32.1 Å². The largest absolute Gasteiger partial charge is 0.472 e. The zero-order valence-electron chi connectivity index (χ0n) is 64.1. The molecule has 0 radical (unpaired) electrons. The van der Waals surface area contributed by atoms with Crippen LogP contribution >= 0.6 is 15.6 Å². The molecule has 17 nitrogen and oxygen atoms in total. The number of carbonyl (C=O) groups excluding carboxylic acids is 4. The first-order chi connectivity index (χ1) is 50.7. The molecule has 0 amide bonds. The Morgan fingerprint density at radius 1 is 0.288 bits per heavy atom. The monoisotopic (exact) mass is 1490 g/mol. The number of aliphatic hydroxyl groups is 1. The van der Waals surface area contributed by atoms with Crippen LogP contribution in [0.4, 0.5) is 0 Å². The van der Waals surface area contributed by atoms with E-state index in [1.807, 2.05) is 30.4 Å². The molecular weight excluding hydrogens is 1350 g/mol. The van der Waals surface area contributed by atoms with Gasteiger partial charge in [-0.2, -0.15) is 0 Å². The summed E-state index contributed by atoms with van der Waals surface area (Å²) in [6, 6.07) is 0. The molecule has 0 spiro atoms. The SMILES string of the molecule is CC/C=C\C/C=C\C/C=C\C/C=C\C/C=C\C/C=C\CCC(=O)OCC(COP(=O)(O)OCC(O)COP(=O)(O)OCC(COC(=O)CCCCCCCC/C=C\C/C=C\C/C=C\C/C=C\CC)OC(=O)C/C=C\C/C=C\C/C=C\C/C=C\C/C=C\CC)OC(=O)CCCCCCCCCCCCC. The average molecular weight is 1490 g/mol. The van der Waals surface area contributed by atoms with Gasteiger partial charge in [0.15, 0.2) is 12.2 Å².